The van der Waals surface area contributed by atoms with Crippen LogP contribution in [-0.4, -0.2) is 30.3 Å². The summed E-state index contributed by atoms with van der Waals surface area (Å²) in [6.45, 7) is 4.86. The first-order chi connectivity index (χ1) is 6.68. The van der Waals surface area contributed by atoms with Gasteiger partial charge in [-0.2, -0.15) is 0 Å². The predicted molar refractivity (Wildman–Crippen MR) is 54.6 cm³/mol. The van der Waals surface area contributed by atoms with E-state index in [-0.39, 0.29) is 12.1 Å². The number of amides is 1. The Labute approximate surface area is 84.2 Å². The van der Waals surface area contributed by atoms with Gasteiger partial charge >= 0.3 is 6.09 Å². The first-order valence-electron chi connectivity index (χ1n) is 4.69. The number of carbonyl (C=O) groups excluding carboxylic acids is 1. The summed E-state index contributed by atoms with van der Waals surface area (Å²) in [5, 5.41) is 2.65. The molecule has 14 heavy (non-hydrogen) atoms. The van der Waals surface area contributed by atoms with E-state index in [9.17, 15) is 4.79 Å². The van der Waals surface area contributed by atoms with Crippen molar-refractivity contribution in [3.63, 3.8) is 0 Å². The van der Waals surface area contributed by atoms with E-state index in [1.165, 1.54) is 0 Å². The molecule has 4 heteroatoms. The highest BCUT2D eigenvalue weighted by molar-refractivity contribution is 5.67. The maximum absolute atomic E-state index is 11.1. The lowest BCUT2D eigenvalue weighted by Gasteiger charge is -2.20. The fourth-order valence-corrected chi connectivity index (χ4v) is 1.02. The highest BCUT2D eigenvalue weighted by Gasteiger charge is 2.05. The van der Waals surface area contributed by atoms with Crippen LogP contribution in [0.15, 0.2) is 24.4 Å². The van der Waals surface area contributed by atoms with Crippen molar-refractivity contribution in [2.45, 2.75) is 19.9 Å². The average Bonchev–Trinajstić information content (AvgIpc) is 2.15. The van der Waals surface area contributed by atoms with Gasteiger partial charge in [0.05, 0.1) is 0 Å². The second-order valence-corrected chi connectivity index (χ2v) is 3.40. The Hall–Kier alpha value is -1.45. The molecule has 0 aliphatic carbocycles. The normalized spacial score (nSPS) is 14.6. The molecule has 78 valence electrons. The van der Waals surface area contributed by atoms with Crippen LogP contribution in [0, 0.1) is 0 Å². The molecule has 0 radical (unpaired) electrons. The number of hydrogen-bond donors (Lipinski definition) is 1. The molecule has 1 aliphatic heterocycles. The van der Waals surface area contributed by atoms with E-state index in [2.05, 4.69) is 5.32 Å². The Balaban J connectivity index is 2.17. The molecule has 0 aromatic heterocycles. The summed E-state index contributed by atoms with van der Waals surface area (Å²) in [4.78, 5) is 13.0. The van der Waals surface area contributed by atoms with Crippen LogP contribution in [0.3, 0.4) is 0 Å². The van der Waals surface area contributed by atoms with Crippen LogP contribution in [0.2, 0.25) is 0 Å². The van der Waals surface area contributed by atoms with Crippen LogP contribution in [0.5, 0.6) is 0 Å². The van der Waals surface area contributed by atoms with E-state index in [1.807, 2.05) is 43.2 Å². The molecule has 1 N–H and O–H groups in total. The zero-order valence-electron chi connectivity index (χ0n) is 8.56. The lowest BCUT2D eigenvalue weighted by molar-refractivity contribution is 0.0956. The summed E-state index contributed by atoms with van der Waals surface area (Å²) in [6.07, 6.45) is 7.40. The zero-order valence-corrected chi connectivity index (χ0v) is 8.56. The van der Waals surface area contributed by atoms with Crippen molar-refractivity contribution in [1.82, 2.24) is 10.2 Å². The molecule has 1 rings (SSSR count). The van der Waals surface area contributed by atoms with Crippen molar-refractivity contribution in [1.29, 1.82) is 0 Å². The summed E-state index contributed by atoms with van der Waals surface area (Å²) in [5.74, 6) is 0. The van der Waals surface area contributed by atoms with Crippen LogP contribution in [-0.2, 0) is 4.74 Å². The highest BCUT2D eigenvalue weighted by atomic mass is 16.6. The SMILES string of the molecule is CC(C)NC(=O)OCN1C=CC=CC1. The molecule has 0 bridgehead atoms. The van der Waals surface area contributed by atoms with E-state index in [1.54, 1.807) is 0 Å². The maximum Gasteiger partial charge on any atom is 0.409 e. The van der Waals surface area contributed by atoms with Crippen molar-refractivity contribution in [2.75, 3.05) is 13.3 Å². The Bertz CT molecular complexity index is 247. The number of rotatable bonds is 3. The summed E-state index contributed by atoms with van der Waals surface area (Å²) >= 11 is 0. The van der Waals surface area contributed by atoms with Gasteiger partial charge in [-0.3, -0.25) is 0 Å². The van der Waals surface area contributed by atoms with Crippen LogP contribution in [0.1, 0.15) is 13.8 Å². The van der Waals surface area contributed by atoms with Gasteiger partial charge in [0.1, 0.15) is 0 Å². The molecule has 0 saturated carbocycles. The molecule has 1 amide bonds. The molecule has 0 atom stereocenters. The van der Waals surface area contributed by atoms with Crippen molar-refractivity contribution in [2.24, 2.45) is 0 Å². The van der Waals surface area contributed by atoms with Crippen LogP contribution < -0.4 is 5.32 Å². The van der Waals surface area contributed by atoms with Crippen molar-refractivity contribution < 1.29 is 9.53 Å². The van der Waals surface area contributed by atoms with Crippen molar-refractivity contribution in [3.05, 3.63) is 24.4 Å². The van der Waals surface area contributed by atoms with Gasteiger partial charge in [0, 0.05) is 18.8 Å². The average molecular weight is 196 g/mol. The third-order valence-electron chi connectivity index (χ3n) is 1.65. The molecule has 0 unspecified atom stereocenters. The molecule has 0 spiro atoms. The number of nitrogens with one attached hydrogen (secondary N) is 1. The highest BCUT2D eigenvalue weighted by Crippen LogP contribution is 1.98. The summed E-state index contributed by atoms with van der Waals surface area (Å²) in [5.41, 5.74) is 0. The van der Waals surface area contributed by atoms with E-state index in [0.29, 0.717) is 6.73 Å². The largest absolute Gasteiger partial charge is 0.428 e. The molecule has 4 nitrogen and oxygen atoms in total. The van der Waals surface area contributed by atoms with Gasteiger partial charge in [-0.05, 0) is 19.9 Å². The Morgan fingerprint density at radius 2 is 2.36 bits per heavy atom. The molecular weight excluding hydrogens is 180 g/mol. The minimum atomic E-state index is -0.372. The number of carbonyl (C=O) groups is 1. The smallest absolute Gasteiger partial charge is 0.409 e. The fourth-order valence-electron chi connectivity index (χ4n) is 1.02. The molecule has 1 heterocycles. The topological polar surface area (TPSA) is 41.6 Å². The Kier molecular flexibility index (Phi) is 4.04. The molecule has 0 aromatic carbocycles. The lowest BCUT2D eigenvalue weighted by Crippen LogP contribution is -2.34. The first-order valence-corrected chi connectivity index (χ1v) is 4.69. The Morgan fingerprint density at radius 1 is 1.57 bits per heavy atom. The second-order valence-electron chi connectivity index (χ2n) is 3.40. The third kappa shape index (κ3) is 3.98. The van der Waals surface area contributed by atoms with Gasteiger partial charge in [0.15, 0.2) is 6.73 Å². The quantitative estimate of drug-likeness (QED) is 0.743. The molecule has 0 aromatic rings. The minimum absolute atomic E-state index is 0.110. The van der Waals surface area contributed by atoms with E-state index in [4.69, 9.17) is 4.74 Å². The number of ether oxygens (including phenoxy) is 1. The Morgan fingerprint density at radius 3 is 2.93 bits per heavy atom. The molecular formula is C10H16N2O2. The summed E-state index contributed by atoms with van der Waals surface area (Å²) < 4.78 is 4.98. The van der Waals surface area contributed by atoms with Gasteiger partial charge in [0.25, 0.3) is 0 Å². The summed E-state index contributed by atoms with van der Waals surface area (Å²) in [7, 11) is 0. The standard InChI is InChI=1S/C10H16N2O2/c1-9(2)11-10(13)14-8-12-6-4-3-5-7-12/h3-6,9H,7-8H2,1-2H3,(H,11,13). The van der Waals surface area contributed by atoms with Crippen molar-refractivity contribution in [3.8, 4) is 0 Å². The number of nitrogens with zero attached hydrogens (tertiary/aromatic N) is 1. The molecule has 0 saturated heterocycles. The van der Waals surface area contributed by atoms with Gasteiger partial charge in [-0.1, -0.05) is 12.2 Å². The lowest BCUT2D eigenvalue weighted by atomic mass is 10.4. The summed E-state index contributed by atoms with van der Waals surface area (Å²) in [6, 6.07) is 0.110. The van der Waals surface area contributed by atoms with Crippen LogP contribution >= 0.6 is 0 Å². The zero-order chi connectivity index (χ0) is 10.4. The van der Waals surface area contributed by atoms with E-state index < -0.39 is 0 Å². The number of hydrogen-bond acceptors (Lipinski definition) is 3. The number of allylic oxidation sites excluding steroid dienone is 2. The van der Waals surface area contributed by atoms with Gasteiger partial charge < -0.3 is 15.0 Å². The second kappa shape index (κ2) is 5.32. The number of alkyl carbamates (subject to hydrolysis) is 1. The van der Waals surface area contributed by atoms with Gasteiger partial charge in [0.2, 0.25) is 0 Å². The van der Waals surface area contributed by atoms with Crippen LogP contribution in [0.4, 0.5) is 4.79 Å². The van der Waals surface area contributed by atoms with Crippen molar-refractivity contribution >= 4 is 6.09 Å². The molecule has 0 fully saturated rings. The van der Waals surface area contributed by atoms with E-state index in [0.717, 1.165) is 6.54 Å². The van der Waals surface area contributed by atoms with Gasteiger partial charge in [-0.15, -0.1) is 0 Å². The maximum atomic E-state index is 11.1. The van der Waals surface area contributed by atoms with E-state index >= 15 is 0 Å². The van der Waals surface area contributed by atoms with Crippen LogP contribution in [0.25, 0.3) is 0 Å². The predicted octanol–water partition coefficient (Wildman–Crippen LogP) is 1.46. The van der Waals surface area contributed by atoms with Gasteiger partial charge in [-0.25, -0.2) is 4.79 Å². The first kappa shape index (κ1) is 10.6. The minimum Gasteiger partial charge on any atom is -0.428 e. The monoisotopic (exact) mass is 196 g/mol. The third-order valence-corrected chi connectivity index (χ3v) is 1.65. The fraction of sp³-hybridized carbons (Fsp3) is 0.500. The molecule has 1 aliphatic rings.